The van der Waals surface area contributed by atoms with E-state index in [-0.39, 0.29) is 21.2 Å². The summed E-state index contributed by atoms with van der Waals surface area (Å²) >= 11 is 5.86. The number of rotatable bonds is 7. The fourth-order valence-electron chi connectivity index (χ4n) is 3.21. The molecule has 0 amide bonds. The van der Waals surface area contributed by atoms with E-state index in [4.69, 9.17) is 11.6 Å². The summed E-state index contributed by atoms with van der Waals surface area (Å²) in [5.74, 6) is -1.19. The lowest BCUT2D eigenvalue weighted by Crippen LogP contribution is -2.28. The Hall–Kier alpha value is -2.64. The first kappa shape index (κ1) is 27.6. The minimum absolute atomic E-state index is 0.0834. The first-order valence-electron chi connectivity index (χ1n) is 10.3. The smallest absolute Gasteiger partial charge is 0.337 e. The molecule has 1 unspecified atom stereocenters. The summed E-state index contributed by atoms with van der Waals surface area (Å²) in [5.41, 5.74) is 1.45. The maximum atomic E-state index is 13.0. The number of halogens is 1. The van der Waals surface area contributed by atoms with Gasteiger partial charge in [-0.3, -0.25) is 4.31 Å². The number of carboxylic acids is 1. The van der Waals surface area contributed by atoms with Crippen LogP contribution in [0.1, 0.15) is 36.2 Å². The predicted molar refractivity (Wildman–Crippen MR) is 139 cm³/mol. The normalized spacial score (nSPS) is 14.3. The number of allylic oxidation sites excluding steroid dienone is 4. The van der Waals surface area contributed by atoms with Crippen molar-refractivity contribution in [3.63, 3.8) is 0 Å². The number of aromatic carboxylic acids is 1. The number of benzene rings is 2. The molecule has 34 heavy (non-hydrogen) atoms. The molecule has 182 valence electrons. The van der Waals surface area contributed by atoms with Crippen molar-refractivity contribution < 1.29 is 23.2 Å². The van der Waals surface area contributed by atoms with Gasteiger partial charge in [-0.05, 0) is 69.2 Å². The molecule has 3 rings (SSSR count). The standard InChI is InChI=1S/C19H20ClN2O5PS.C5H8/c1-12-8-15(11-16(9-12)29(26,27)22-7-3-4-13(22)2)28(25)21-18-6-5-14(20)10-17(18)19(23)24;1-3-5-4-2/h4-6,8-11,21,25H,3,7H2,1-2H3,(H,23,24);3-5H,1H2,2H3/b;5-4-. The van der Waals surface area contributed by atoms with Gasteiger partial charge < -0.3 is 15.1 Å². The van der Waals surface area contributed by atoms with E-state index in [2.05, 4.69) is 11.7 Å². The second-order valence-corrected chi connectivity index (χ2v) is 11.1. The summed E-state index contributed by atoms with van der Waals surface area (Å²) in [4.78, 5) is 22.2. The maximum absolute atomic E-state index is 13.0. The van der Waals surface area contributed by atoms with Crippen LogP contribution in [0.3, 0.4) is 0 Å². The van der Waals surface area contributed by atoms with Crippen LogP contribution in [-0.4, -0.2) is 35.2 Å². The lowest BCUT2D eigenvalue weighted by Gasteiger charge is -2.22. The number of sulfonamides is 1. The van der Waals surface area contributed by atoms with Crippen molar-refractivity contribution in [2.45, 2.75) is 32.1 Å². The number of anilines is 1. The molecule has 0 aliphatic carbocycles. The SMILES string of the molecule is C=C/C=C\C.CC1=CCCN1S(=O)(=O)c1cc(C)cc(P(O)Nc2ccc(Cl)cc2C(=O)O)c1. The molecule has 1 aliphatic rings. The Labute approximate surface area is 207 Å². The Morgan fingerprint density at radius 3 is 2.47 bits per heavy atom. The fourth-order valence-corrected chi connectivity index (χ4v) is 6.27. The Morgan fingerprint density at radius 2 is 1.94 bits per heavy atom. The zero-order valence-electron chi connectivity index (χ0n) is 19.2. The van der Waals surface area contributed by atoms with Gasteiger partial charge in [0.1, 0.15) is 0 Å². The highest BCUT2D eigenvalue weighted by Gasteiger charge is 2.28. The first-order chi connectivity index (χ1) is 16.0. The van der Waals surface area contributed by atoms with Crippen molar-refractivity contribution in [2.24, 2.45) is 0 Å². The molecule has 3 N–H and O–H groups in total. The van der Waals surface area contributed by atoms with Crippen LogP contribution < -0.4 is 10.4 Å². The lowest BCUT2D eigenvalue weighted by molar-refractivity contribution is 0.0698. The van der Waals surface area contributed by atoms with Crippen molar-refractivity contribution in [1.82, 2.24) is 4.31 Å². The number of nitrogens with zero attached hydrogens (tertiary/aromatic N) is 1. The predicted octanol–water partition coefficient (Wildman–Crippen LogP) is 5.43. The second-order valence-electron chi connectivity index (χ2n) is 7.40. The molecule has 2 aromatic rings. The Kier molecular flexibility index (Phi) is 9.89. The minimum atomic E-state index is -3.74. The van der Waals surface area contributed by atoms with Crippen molar-refractivity contribution in [2.75, 3.05) is 11.6 Å². The highest BCUT2D eigenvalue weighted by atomic mass is 35.5. The summed E-state index contributed by atoms with van der Waals surface area (Å²) in [7, 11) is -5.80. The summed E-state index contributed by atoms with van der Waals surface area (Å²) < 4.78 is 27.4. The van der Waals surface area contributed by atoms with E-state index >= 15 is 0 Å². The van der Waals surface area contributed by atoms with Crippen LogP contribution in [0.25, 0.3) is 0 Å². The average Bonchev–Trinajstić information content (AvgIpc) is 3.22. The largest absolute Gasteiger partial charge is 0.478 e. The first-order valence-corrected chi connectivity index (χ1v) is 13.5. The van der Waals surface area contributed by atoms with Gasteiger partial charge in [0.2, 0.25) is 0 Å². The molecule has 1 atom stereocenters. The van der Waals surface area contributed by atoms with E-state index in [1.54, 1.807) is 32.1 Å². The van der Waals surface area contributed by atoms with Gasteiger partial charge in [0.15, 0.2) is 8.30 Å². The molecule has 0 saturated carbocycles. The third-order valence-corrected chi connectivity index (χ3v) is 8.12. The zero-order chi connectivity index (χ0) is 25.5. The third-order valence-electron chi connectivity index (χ3n) is 4.80. The van der Waals surface area contributed by atoms with Gasteiger partial charge in [-0.2, -0.15) is 0 Å². The molecular formula is C24H28ClN2O5PS. The van der Waals surface area contributed by atoms with Crippen LogP contribution in [0, 0.1) is 6.92 Å². The maximum Gasteiger partial charge on any atom is 0.337 e. The van der Waals surface area contributed by atoms with Crippen LogP contribution >= 0.6 is 19.9 Å². The fraction of sp³-hybridized carbons (Fsp3) is 0.208. The van der Waals surface area contributed by atoms with E-state index in [1.165, 1.54) is 28.6 Å². The second kappa shape index (κ2) is 12.2. The molecule has 0 saturated heterocycles. The highest BCUT2D eigenvalue weighted by molar-refractivity contribution is 7.89. The average molecular weight is 523 g/mol. The molecular weight excluding hydrogens is 495 g/mol. The molecule has 1 heterocycles. The Morgan fingerprint density at radius 1 is 1.24 bits per heavy atom. The topological polar surface area (TPSA) is 107 Å². The van der Waals surface area contributed by atoms with Crippen LogP contribution in [-0.2, 0) is 10.0 Å². The van der Waals surface area contributed by atoms with Crippen molar-refractivity contribution in [3.8, 4) is 0 Å². The van der Waals surface area contributed by atoms with Gasteiger partial charge in [-0.25, -0.2) is 13.2 Å². The number of carbonyl (C=O) groups is 1. The highest BCUT2D eigenvalue weighted by Crippen LogP contribution is 2.35. The number of hydrogen-bond acceptors (Lipinski definition) is 5. The molecule has 0 spiro atoms. The molecule has 10 heteroatoms. The molecule has 0 radical (unpaired) electrons. The van der Waals surface area contributed by atoms with E-state index in [0.717, 1.165) is 0 Å². The van der Waals surface area contributed by atoms with E-state index < -0.39 is 24.3 Å². The lowest BCUT2D eigenvalue weighted by atomic mass is 10.2. The number of carboxylic acid groups (broad SMARTS) is 1. The molecule has 7 nitrogen and oxygen atoms in total. The quantitative estimate of drug-likeness (QED) is 0.330. The Bertz CT molecular complexity index is 1230. The Balaban J connectivity index is 0.000000739. The van der Waals surface area contributed by atoms with Crippen LogP contribution in [0.2, 0.25) is 5.02 Å². The summed E-state index contributed by atoms with van der Waals surface area (Å²) in [6.45, 7) is 9.29. The monoisotopic (exact) mass is 522 g/mol. The number of nitrogens with one attached hydrogen (secondary N) is 1. The van der Waals surface area contributed by atoms with Gasteiger partial charge in [-0.15, -0.1) is 0 Å². The summed E-state index contributed by atoms with van der Waals surface area (Å²) in [6, 6.07) is 8.89. The summed E-state index contributed by atoms with van der Waals surface area (Å²) in [6.07, 6.45) is 8.10. The summed E-state index contributed by atoms with van der Waals surface area (Å²) in [5, 5.41) is 12.8. The van der Waals surface area contributed by atoms with E-state index in [9.17, 15) is 23.2 Å². The van der Waals surface area contributed by atoms with Crippen molar-refractivity contribution >= 4 is 46.9 Å². The number of hydrogen-bond donors (Lipinski definition) is 3. The van der Waals surface area contributed by atoms with Crippen molar-refractivity contribution in [1.29, 1.82) is 0 Å². The van der Waals surface area contributed by atoms with Gasteiger partial charge in [0, 0.05) is 22.6 Å². The van der Waals surface area contributed by atoms with E-state index in [1.807, 2.05) is 25.2 Å². The third kappa shape index (κ3) is 6.93. The molecule has 1 aliphatic heterocycles. The van der Waals surface area contributed by atoms with Gasteiger partial charge in [0.25, 0.3) is 10.0 Å². The van der Waals surface area contributed by atoms with Crippen LogP contribution in [0.5, 0.6) is 0 Å². The minimum Gasteiger partial charge on any atom is -0.478 e. The molecule has 0 fully saturated rings. The molecule has 2 aromatic carbocycles. The van der Waals surface area contributed by atoms with Gasteiger partial charge in [-0.1, -0.05) is 42.5 Å². The molecule has 0 bridgehead atoms. The molecule has 0 aromatic heterocycles. The zero-order valence-corrected chi connectivity index (χ0v) is 21.7. The number of aryl methyl sites for hydroxylation is 1. The van der Waals surface area contributed by atoms with Crippen LogP contribution in [0.15, 0.2) is 77.9 Å². The van der Waals surface area contributed by atoms with Crippen molar-refractivity contribution in [3.05, 3.63) is 89.1 Å². The van der Waals surface area contributed by atoms with Crippen LogP contribution in [0.4, 0.5) is 5.69 Å². The van der Waals surface area contributed by atoms with Gasteiger partial charge >= 0.3 is 5.97 Å². The van der Waals surface area contributed by atoms with E-state index in [0.29, 0.717) is 29.5 Å². The van der Waals surface area contributed by atoms with Gasteiger partial charge in [0.05, 0.1) is 16.1 Å².